The van der Waals surface area contributed by atoms with Crippen LogP contribution in [-0.4, -0.2) is 14.8 Å². The second-order valence-corrected chi connectivity index (χ2v) is 4.83. The van der Waals surface area contributed by atoms with Crippen molar-refractivity contribution in [2.75, 3.05) is 5.32 Å². The minimum Gasteiger partial charge on any atom is -0.381 e. The molecule has 0 bridgehead atoms. The molecule has 0 saturated carbocycles. The third kappa shape index (κ3) is 3.08. The van der Waals surface area contributed by atoms with Gasteiger partial charge < -0.3 is 9.88 Å². The Labute approximate surface area is 122 Å². The van der Waals surface area contributed by atoms with Gasteiger partial charge in [-0.05, 0) is 29.8 Å². The fourth-order valence-corrected chi connectivity index (χ4v) is 2.12. The van der Waals surface area contributed by atoms with E-state index in [1.165, 1.54) is 12.1 Å². The van der Waals surface area contributed by atoms with E-state index < -0.39 is 0 Å². The molecule has 3 aromatic rings. The molecule has 3 rings (SSSR count). The Balaban J connectivity index is 1.74. The van der Waals surface area contributed by atoms with Gasteiger partial charge in [-0.3, -0.25) is 0 Å². The number of nitrogens with zero attached hydrogens (tertiary/aromatic N) is 3. The van der Waals surface area contributed by atoms with Crippen LogP contribution in [0.3, 0.4) is 0 Å². The minimum absolute atomic E-state index is 0.219. The van der Waals surface area contributed by atoms with E-state index in [1.807, 2.05) is 35.9 Å². The van der Waals surface area contributed by atoms with E-state index in [-0.39, 0.29) is 5.82 Å². The first-order valence-corrected chi connectivity index (χ1v) is 6.65. The van der Waals surface area contributed by atoms with E-state index in [0.29, 0.717) is 6.54 Å². The molecule has 0 atom stereocenters. The van der Waals surface area contributed by atoms with Crippen LogP contribution in [0, 0.1) is 5.82 Å². The average Bonchev–Trinajstić information content (AvgIpc) is 2.93. The van der Waals surface area contributed by atoms with Crippen LogP contribution in [0.25, 0.3) is 11.4 Å². The fraction of sp³-hybridized carbons (Fsp3) is 0.125. The molecule has 2 aromatic carbocycles. The van der Waals surface area contributed by atoms with E-state index in [0.717, 1.165) is 22.6 Å². The number of hydrogen-bond donors (Lipinski definition) is 1. The first-order chi connectivity index (χ1) is 10.2. The van der Waals surface area contributed by atoms with Crippen molar-refractivity contribution >= 4 is 5.69 Å². The van der Waals surface area contributed by atoms with E-state index in [4.69, 9.17) is 0 Å². The highest BCUT2D eigenvalue weighted by Gasteiger charge is 2.05. The van der Waals surface area contributed by atoms with Crippen LogP contribution < -0.4 is 5.32 Å². The summed E-state index contributed by atoms with van der Waals surface area (Å²) in [4.78, 5) is 0. The van der Waals surface area contributed by atoms with Gasteiger partial charge in [0.05, 0.1) is 0 Å². The standard InChI is InChI=1S/C16H15FN4/c1-21-11-19-20-16(21)13-3-2-4-15(9-13)18-10-12-5-7-14(17)8-6-12/h2-9,11,18H,10H2,1H3. The van der Waals surface area contributed by atoms with E-state index in [2.05, 4.69) is 15.5 Å². The average molecular weight is 282 g/mol. The summed E-state index contributed by atoms with van der Waals surface area (Å²) < 4.78 is 14.7. The quantitative estimate of drug-likeness (QED) is 0.799. The SMILES string of the molecule is Cn1cnnc1-c1cccc(NCc2ccc(F)cc2)c1. The molecule has 0 spiro atoms. The molecule has 0 aliphatic carbocycles. The topological polar surface area (TPSA) is 42.7 Å². The molecule has 0 fully saturated rings. The van der Waals surface area contributed by atoms with Gasteiger partial charge in [0.1, 0.15) is 12.1 Å². The lowest BCUT2D eigenvalue weighted by molar-refractivity contribution is 0.627. The summed E-state index contributed by atoms with van der Waals surface area (Å²) in [5.41, 5.74) is 3.01. The van der Waals surface area contributed by atoms with Gasteiger partial charge in [-0.1, -0.05) is 24.3 Å². The largest absolute Gasteiger partial charge is 0.381 e. The van der Waals surface area contributed by atoms with Gasteiger partial charge in [-0.25, -0.2) is 4.39 Å². The Morgan fingerprint density at radius 2 is 1.95 bits per heavy atom. The predicted molar refractivity (Wildman–Crippen MR) is 80.2 cm³/mol. The highest BCUT2D eigenvalue weighted by Crippen LogP contribution is 2.20. The Kier molecular flexibility index (Phi) is 3.64. The normalized spacial score (nSPS) is 10.6. The number of rotatable bonds is 4. The van der Waals surface area contributed by atoms with Gasteiger partial charge in [-0.15, -0.1) is 10.2 Å². The monoisotopic (exact) mass is 282 g/mol. The van der Waals surface area contributed by atoms with Crippen molar-refractivity contribution < 1.29 is 4.39 Å². The van der Waals surface area contributed by atoms with Crippen LogP contribution in [0.4, 0.5) is 10.1 Å². The number of benzene rings is 2. The number of anilines is 1. The smallest absolute Gasteiger partial charge is 0.163 e. The number of halogens is 1. The molecular weight excluding hydrogens is 267 g/mol. The lowest BCUT2D eigenvalue weighted by Crippen LogP contribution is -2.00. The van der Waals surface area contributed by atoms with Crippen LogP contribution in [0.5, 0.6) is 0 Å². The van der Waals surface area contributed by atoms with Gasteiger partial charge in [0, 0.05) is 24.8 Å². The third-order valence-electron chi connectivity index (χ3n) is 3.24. The Hall–Kier alpha value is -2.69. The van der Waals surface area contributed by atoms with Crippen LogP contribution >= 0.6 is 0 Å². The van der Waals surface area contributed by atoms with E-state index in [1.54, 1.807) is 18.5 Å². The fourth-order valence-electron chi connectivity index (χ4n) is 2.12. The molecule has 1 aromatic heterocycles. The second kappa shape index (κ2) is 5.75. The molecule has 0 amide bonds. The third-order valence-corrected chi connectivity index (χ3v) is 3.24. The summed E-state index contributed by atoms with van der Waals surface area (Å²) in [6, 6.07) is 14.4. The van der Waals surface area contributed by atoms with E-state index >= 15 is 0 Å². The molecule has 4 nitrogen and oxygen atoms in total. The molecule has 1 heterocycles. The molecule has 0 unspecified atom stereocenters. The van der Waals surface area contributed by atoms with Crippen molar-refractivity contribution in [2.45, 2.75) is 6.54 Å². The van der Waals surface area contributed by atoms with Gasteiger partial charge in [0.25, 0.3) is 0 Å². The lowest BCUT2D eigenvalue weighted by atomic mass is 10.1. The first-order valence-electron chi connectivity index (χ1n) is 6.65. The highest BCUT2D eigenvalue weighted by molar-refractivity contribution is 5.62. The van der Waals surface area contributed by atoms with Crippen molar-refractivity contribution in [1.82, 2.24) is 14.8 Å². The highest BCUT2D eigenvalue weighted by atomic mass is 19.1. The van der Waals surface area contributed by atoms with Crippen molar-refractivity contribution in [3.63, 3.8) is 0 Å². The first kappa shape index (κ1) is 13.3. The Bertz CT molecular complexity index is 734. The number of aromatic nitrogens is 3. The summed E-state index contributed by atoms with van der Waals surface area (Å²) in [6.07, 6.45) is 1.67. The molecule has 106 valence electrons. The van der Waals surface area contributed by atoms with Gasteiger partial charge >= 0.3 is 0 Å². The summed E-state index contributed by atoms with van der Waals surface area (Å²) in [7, 11) is 1.91. The maximum Gasteiger partial charge on any atom is 0.163 e. The van der Waals surface area contributed by atoms with Gasteiger partial charge in [0.2, 0.25) is 0 Å². The van der Waals surface area contributed by atoms with Crippen LogP contribution in [0.15, 0.2) is 54.9 Å². The van der Waals surface area contributed by atoms with Crippen LogP contribution in [0.1, 0.15) is 5.56 Å². The molecule has 0 aliphatic rings. The molecule has 21 heavy (non-hydrogen) atoms. The molecule has 0 saturated heterocycles. The lowest BCUT2D eigenvalue weighted by Gasteiger charge is -2.08. The van der Waals surface area contributed by atoms with Crippen molar-refractivity contribution in [1.29, 1.82) is 0 Å². The zero-order chi connectivity index (χ0) is 14.7. The number of hydrogen-bond acceptors (Lipinski definition) is 3. The molecule has 5 heteroatoms. The van der Waals surface area contributed by atoms with Crippen LogP contribution in [-0.2, 0) is 13.6 Å². The van der Waals surface area contributed by atoms with Crippen molar-refractivity contribution in [3.05, 3.63) is 66.2 Å². The van der Waals surface area contributed by atoms with Gasteiger partial charge in [-0.2, -0.15) is 0 Å². The maximum absolute atomic E-state index is 12.9. The van der Waals surface area contributed by atoms with E-state index in [9.17, 15) is 4.39 Å². The summed E-state index contributed by atoms with van der Waals surface area (Å²) in [6.45, 7) is 0.641. The zero-order valence-corrected chi connectivity index (χ0v) is 11.6. The Morgan fingerprint density at radius 3 is 2.67 bits per heavy atom. The van der Waals surface area contributed by atoms with Crippen molar-refractivity contribution in [3.8, 4) is 11.4 Å². The Morgan fingerprint density at radius 1 is 1.14 bits per heavy atom. The molecule has 0 radical (unpaired) electrons. The zero-order valence-electron chi connectivity index (χ0n) is 11.6. The predicted octanol–water partition coefficient (Wildman–Crippen LogP) is 3.23. The number of nitrogens with one attached hydrogen (secondary N) is 1. The summed E-state index contributed by atoms with van der Waals surface area (Å²) in [5.74, 6) is 0.600. The molecule has 0 aliphatic heterocycles. The summed E-state index contributed by atoms with van der Waals surface area (Å²) >= 11 is 0. The van der Waals surface area contributed by atoms with Crippen molar-refractivity contribution in [2.24, 2.45) is 7.05 Å². The summed E-state index contributed by atoms with van der Waals surface area (Å²) in [5, 5.41) is 11.3. The molecular formula is C16H15FN4. The molecule has 1 N–H and O–H groups in total. The second-order valence-electron chi connectivity index (χ2n) is 4.83. The maximum atomic E-state index is 12.9. The minimum atomic E-state index is -0.219. The van der Waals surface area contributed by atoms with Gasteiger partial charge in [0.15, 0.2) is 5.82 Å². The number of aryl methyl sites for hydroxylation is 1. The van der Waals surface area contributed by atoms with Crippen LogP contribution in [0.2, 0.25) is 0 Å².